The van der Waals surface area contributed by atoms with Gasteiger partial charge < -0.3 is 4.57 Å². The first kappa shape index (κ1) is 17.4. The SMILES string of the molecule is CCCCC12C[NH+]3CC(C)(C[NH+](C1)C3c1cn(CC)c3ccccc13)C2=O. The lowest BCUT2D eigenvalue weighted by Crippen LogP contribution is -3.41. The second kappa shape index (κ2) is 5.92. The highest BCUT2D eigenvalue weighted by molar-refractivity contribution is 5.92. The average molecular weight is 368 g/mol. The smallest absolute Gasteiger partial charge is 0.242 e. The second-order valence-corrected chi connectivity index (χ2v) is 9.62. The van der Waals surface area contributed by atoms with Gasteiger partial charge in [-0.2, -0.15) is 0 Å². The molecule has 0 spiro atoms. The Kier molecular flexibility index (Phi) is 3.83. The van der Waals surface area contributed by atoms with Crippen LogP contribution < -0.4 is 9.80 Å². The molecule has 0 saturated carbocycles. The van der Waals surface area contributed by atoms with Crippen LogP contribution >= 0.6 is 0 Å². The lowest BCUT2D eigenvalue weighted by molar-refractivity contribution is -1.18. The van der Waals surface area contributed by atoms with E-state index in [1.165, 1.54) is 29.3 Å². The summed E-state index contributed by atoms with van der Waals surface area (Å²) in [5, 5.41) is 1.41. The maximum Gasteiger partial charge on any atom is 0.242 e. The molecule has 4 heteroatoms. The first-order chi connectivity index (χ1) is 13.0. The van der Waals surface area contributed by atoms with Gasteiger partial charge in [-0.05, 0) is 26.3 Å². The summed E-state index contributed by atoms with van der Waals surface area (Å²) >= 11 is 0. The summed E-state index contributed by atoms with van der Waals surface area (Å²) < 4.78 is 2.40. The number of piperidine rings is 2. The van der Waals surface area contributed by atoms with Gasteiger partial charge >= 0.3 is 0 Å². The van der Waals surface area contributed by atoms with Crippen LogP contribution in [0.4, 0.5) is 0 Å². The number of aromatic nitrogens is 1. The van der Waals surface area contributed by atoms with E-state index in [9.17, 15) is 4.79 Å². The molecule has 4 bridgehead atoms. The van der Waals surface area contributed by atoms with Crippen molar-refractivity contribution in [3.8, 4) is 0 Å². The third-order valence-electron chi connectivity index (χ3n) is 7.69. The Balaban J connectivity index is 1.58. The molecule has 4 fully saturated rings. The fourth-order valence-electron chi connectivity index (χ4n) is 6.79. The Morgan fingerprint density at radius 3 is 2.48 bits per heavy atom. The molecule has 2 aromatic rings. The molecule has 1 aromatic carbocycles. The standard InChI is InChI=1S/C23H31N3O/c1-4-6-11-23-15-25-13-22(3,21(23)27)14-26(16-23)20(25)18-12-24(5-2)19-10-8-7-9-17(18)19/h7-10,12,20H,4-6,11,13-16H2,1-3H3/p+2. The zero-order chi connectivity index (χ0) is 18.8. The zero-order valence-corrected chi connectivity index (χ0v) is 17.0. The highest BCUT2D eigenvalue weighted by Gasteiger charge is 2.69. The molecule has 2 atom stereocenters. The van der Waals surface area contributed by atoms with Crippen LogP contribution in [0, 0.1) is 10.8 Å². The van der Waals surface area contributed by atoms with Crippen LogP contribution in [-0.4, -0.2) is 36.5 Å². The minimum Gasteiger partial charge on any atom is -0.347 e. The largest absolute Gasteiger partial charge is 0.347 e. The highest BCUT2D eigenvalue weighted by atomic mass is 16.1. The number of nitrogens with zero attached hydrogens (tertiary/aromatic N) is 1. The minimum atomic E-state index is -0.117. The van der Waals surface area contributed by atoms with E-state index < -0.39 is 0 Å². The van der Waals surface area contributed by atoms with Crippen molar-refractivity contribution in [1.29, 1.82) is 0 Å². The van der Waals surface area contributed by atoms with Crippen LogP contribution in [0.2, 0.25) is 0 Å². The van der Waals surface area contributed by atoms with Crippen LogP contribution in [0.5, 0.6) is 0 Å². The number of hydrogen-bond acceptors (Lipinski definition) is 1. The van der Waals surface area contributed by atoms with Gasteiger partial charge in [0.05, 0.1) is 5.56 Å². The normalized spacial score (nSPS) is 37.4. The maximum atomic E-state index is 13.4. The number of aryl methyl sites for hydroxylation is 1. The summed E-state index contributed by atoms with van der Waals surface area (Å²) in [5.74, 6) is 0.588. The van der Waals surface area contributed by atoms with E-state index in [0.29, 0.717) is 11.9 Å². The third kappa shape index (κ3) is 2.32. The first-order valence-corrected chi connectivity index (χ1v) is 10.8. The fourth-order valence-corrected chi connectivity index (χ4v) is 6.79. The number of rotatable bonds is 5. The topological polar surface area (TPSA) is 30.9 Å². The monoisotopic (exact) mass is 367 g/mol. The van der Waals surface area contributed by atoms with Gasteiger partial charge in [-0.3, -0.25) is 14.6 Å². The van der Waals surface area contributed by atoms with Gasteiger partial charge in [0.2, 0.25) is 6.17 Å². The number of para-hydroxylation sites is 1. The number of ketones is 1. The van der Waals surface area contributed by atoms with E-state index in [4.69, 9.17) is 0 Å². The lowest BCUT2D eigenvalue weighted by Gasteiger charge is -2.59. The van der Waals surface area contributed by atoms with E-state index in [1.807, 2.05) is 0 Å². The summed E-state index contributed by atoms with van der Waals surface area (Å²) in [6.07, 6.45) is 6.35. The van der Waals surface area contributed by atoms with Crippen molar-refractivity contribution in [3.05, 3.63) is 36.0 Å². The number of benzene rings is 1. The third-order valence-corrected chi connectivity index (χ3v) is 7.69. The van der Waals surface area contributed by atoms with Gasteiger partial charge in [0, 0.05) is 23.6 Å². The van der Waals surface area contributed by atoms with Crippen LogP contribution in [0.1, 0.15) is 51.8 Å². The first-order valence-electron chi connectivity index (χ1n) is 10.8. The molecule has 0 aliphatic carbocycles. The molecule has 1 aromatic heterocycles. The zero-order valence-electron chi connectivity index (χ0n) is 17.0. The van der Waals surface area contributed by atoms with Crippen LogP contribution in [0.25, 0.3) is 10.9 Å². The highest BCUT2D eigenvalue weighted by Crippen LogP contribution is 2.40. The number of nitrogens with one attached hydrogen (secondary N) is 2. The van der Waals surface area contributed by atoms with Crippen molar-refractivity contribution in [1.82, 2.24) is 4.57 Å². The minimum absolute atomic E-state index is 0.0639. The van der Waals surface area contributed by atoms with E-state index in [0.717, 1.165) is 39.1 Å². The molecule has 5 heterocycles. The summed E-state index contributed by atoms with van der Waals surface area (Å²) in [6.45, 7) is 11.8. The van der Waals surface area contributed by atoms with Crippen molar-refractivity contribution in [2.75, 3.05) is 26.2 Å². The van der Waals surface area contributed by atoms with Crippen LogP contribution in [0.15, 0.2) is 30.5 Å². The van der Waals surface area contributed by atoms with Crippen molar-refractivity contribution in [3.63, 3.8) is 0 Å². The van der Waals surface area contributed by atoms with Crippen molar-refractivity contribution < 1.29 is 14.6 Å². The summed E-state index contributed by atoms with van der Waals surface area (Å²) in [7, 11) is 0. The molecule has 4 nitrogen and oxygen atoms in total. The number of carbonyl (C=O) groups excluding carboxylic acids is 1. The van der Waals surface area contributed by atoms with Gasteiger partial charge in [0.25, 0.3) is 0 Å². The van der Waals surface area contributed by atoms with Gasteiger partial charge in [0.1, 0.15) is 37.0 Å². The molecule has 4 aliphatic rings. The molecule has 4 saturated heterocycles. The maximum absolute atomic E-state index is 13.4. The van der Waals surface area contributed by atoms with E-state index >= 15 is 0 Å². The number of unbranched alkanes of at least 4 members (excludes halogenated alkanes) is 1. The molecule has 2 unspecified atom stereocenters. The van der Waals surface area contributed by atoms with Crippen LogP contribution in [-0.2, 0) is 11.3 Å². The molecular formula is C23H33N3O+2. The Morgan fingerprint density at radius 2 is 1.81 bits per heavy atom. The van der Waals surface area contributed by atoms with Gasteiger partial charge in [0.15, 0.2) is 5.78 Å². The Hall–Kier alpha value is -1.65. The number of fused-ring (bicyclic) bond motifs is 1. The predicted molar refractivity (Wildman–Crippen MR) is 107 cm³/mol. The fraction of sp³-hybridized carbons (Fsp3) is 0.609. The molecule has 4 aliphatic heterocycles. The lowest BCUT2D eigenvalue weighted by atomic mass is 9.59. The van der Waals surface area contributed by atoms with E-state index in [-0.39, 0.29) is 10.8 Å². The number of quaternary nitrogens is 2. The molecule has 2 N–H and O–H groups in total. The summed E-state index contributed by atoms with van der Waals surface area (Å²) in [4.78, 5) is 16.7. The van der Waals surface area contributed by atoms with Crippen molar-refractivity contribution in [2.24, 2.45) is 10.8 Å². The van der Waals surface area contributed by atoms with Crippen molar-refractivity contribution in [2.45, 2.75) is 52.7 Å². The molecule has 6 rings (SSSR count). The quantitative estimate of drug-likeness (QED) is 0.818. The van der Waals surface area contributed by atoms with E-state index in [1.54, 1.807) is 9.80 Å². The van der Waals surface area contributed by atoms with E-state index in [2.05, 4.69) is 55.8 Å². The second-order valence-electron chi connectivity index (χ2n) is 9.62. The number of carbonyl (C=O) groups is 1. The van der Waals surface area contributed by atoms with Gasteiger partial charge in [-0.25, -0.2) is 0 Å². The van der Waals surface area contributed by atoms with Gasteiger partial charge in [-0.15, -0.1) is 0 Å². The average Bonchev–Trinajstić information content (AvgIpc) is 3.02. The Bertz CT molecular complexity index is 882. The van der Waals surface area contributed by atoms with Gasteiger partial charge in [-0.1, -0.05) is 38.0 Å². The van der Waals surface area contributed by atoms with Crippen LogP contribution in [0.3, 0.4) is 0 Å². The Labute approximate surface area is 162 Å². The molecule has 144 valence electrons. The molecule has 27 heavy (non-hydrogen) atoms. The summed E-state index contributed by atoms with van der Waals surface area (Å²) in [6, 6.07) is 8.86. The predicted octanol–water partition coefficient (Wildman–Crippen LogP) is 1.22. The Morgan fingerprint density at radius 1 is 1.11 bits per heavy atom. The summed E-state index contributed by atoms with van der Waals surface area (Å²) in [5.41, 5.74) is 2.67. The molecular weight excluding hydrogens is 334 g/mol. The van der Waals surface area contributed by atoms with Crippen molar-refractivity contribution >= 4 is 16.7 Å². The molecule has 0 radical (unpaired) electrons. The number of hydrogen-bond donors (Lipinski definition) is 2. The number of Topliss-reactive ketones (excluding diaryl/α,β-unsaturated/α-hetero) is 1. The molecule has 0 amide bonds.